The zero-order valence-electron chi connectivity index (χ0n) is 15.5. The van der Waals surface area contributed by atoms with Gasteiger partial charge < -0.3 is 15.6 Å². The van der Waals surface area contributed by atoms with Crippen LogP contribution in [0.2, 0.25) is 0 Å². The van der Waals surface area contributed by atoms with Gasteiger partial charge in [0.2, 0.25) is 5.91 Å². The Balaban J connectivity index is 1.45. The summed E-state index contributed by atoms with van der Waals surface area (Å²) in [6.07, 6.45) is 1.07. The van der Waals surface area contributed by atoms with Crippen LogP contribution in [0.5, 0.6) is 0 Å². The number of aromatic nitrogens is 2. The van der Waals surface area contributed by atoms with Gasteiger partial charge in [0.1, 0.15) is 5.82 Å². The van der Waals surface area contributed by atoms with Crippen LogP contribution >= 0.6 is 0 Å². The standard InChI is InChI=1S/C23H18N4O2/c28-21-12-10-14-13-15(9-11-17(14)24-21)23(29)27-18-6-2-1-5-16(18)22-25-19-7-3-4-8-20(19)26-22/h1-9,11,13H,10,12H2,(H,24,28)(H,25,26)(H,27,29). The van der Waals surface area contributed by atoms with Crippen LogP contribution in [0.3, 0.4) is 0 Å². The Hall–Kier alpha value is -3.93. The number of carbonyl (C=O) groups is 2. The van der Waals surface area contributed by atoms with Gasteiger partial charge in [0.25, 0.3) is 5.91 Å². The van der Waals surface area contributed by atoms with E-state index in [-0.39, 0.29) is 11.8 Å². The van der Waals surface area contributed by atoms with Gasteiger partial charge in [0.05, 0.1) is 16.7 Å². The zero-order chi connectivity index (χ0) is 19.8. The molecule has 142 valence electrons. The van der Waals surface area contributed by atoms with Crippen LogP contribution in [0.15, 0.2) is 66.7 Å². The summed E-state index contributed by atoms with van der Waals surface area (Å²) in [5.41, 5.74) is 5.63. The number of nitrogens with zero attached hydrogens (tertiary/aromatic N) is 1. The third-order valence-electron chi connectivity index (χ3n) is 5.08. The van der Waals surface area contributed by atoms with Crippen LogP contribution in [0.1, 0.15) is 22.3 Å². The highest BCUT2D eigenvalue weighted by Crippen LogP contribution is 2.29. The van der Waals surface area contributed by atoms with E-state index in [1.807, 2.05) is 54.6 Å². The van der Waals surface area contributed by atoms with Crippen LogP contribution in [0.25, 0.3) is 22.4 Å². The lowest BCUT2D eigenvalue weighted by Crippen LogP contribution is -2.20. The molecule has 5 rings (SSSR count). The van der Waals surface area contributed by atoms with Gasteiger partial charge in [-0.1, -0.05) is 24.3 Å². The Morgan fingerprint density at radius 1 is 0.966 bits per heavy atom. The van der Waals surface area contributed by atoms with Crippen LogP contribution in [0.4, 0.5) is 11.4 Å². The van der Waals surface area contributed by atoms with E-state index < -0.39 is 0 Å². The number of benzene rings is 3. The highest BCUT2D eigenvalue weighted by molar-refractivity contribution is 6.07. The number of aromatic amines is 1. The maximum atomic E-state index is 12.9. The molecule has 0 spiro atoms. The Kier molecular flexibility index (Phi) is 4.09. The molecule has 0 aliphatic carbocycles. The van der Waals surface area contributed by atoms with Gasteiger partial charge in [-0.15, -0.1) is 0 Å². The Morgan fingerprint density at radius 3 is 2.69 bits per heavy atom. The van der Waals surface area contributed by atoms with E-state index in [4.69, 9.17) is 0 Å². The molecule has 0 saturated heterocycles. The van der Waals surface area contributed by atoms with Gasteiger partial charge in [0, 0.05) is 23.2 Å². The molecule has 0 radical (unpaired) electrons. The molecule has 0 unspecified atom stereocenters. The summed E-state index contributed by atoms with van der Waals surface area (Å²) in [4.78, 5) is 32.4. The molecule has 6 nitrogen and oxygen atoms in total. The summed E-state index contributed by atoms with van der Waals surface area (Å²) in [6.45, 7) is 0. The minimum Gasteiger partial charge on any atom is -0.338 e. The molecule has 1 aliphatic rings. The Bertz CT molecular complexity index is 1230. The number of fused-ring (bicyclic) bond motifs is 2. The smallest absolute Gasteiger partial charge is 0.255 e. The average molecular weight is 382 g/mol. The molecule has 0 bridgehead atoms. The van der Waals surface area contributed by atoms with Crippen LogP contribution in [0, 0.1) is 0 Å². The molecule has 2 heterocycles. The van der Waals surface area contributed by atoms with Crippen molar-refractivity contribution in [2.24, 2.45) is 0 Å². The fourth-order valence-corrected chi connectivity index (χ4v) is 3.60. The zero-order valence-corrected chi connectivity index (χ0v) is 15.5. The molecule has 2 amide bonds. The maximum absolute atomic E-state index is 12.9. The largest absolute Gasteiger partial charge is 0.338 e. The van der Waals surface area contributed by atoms with Gasteiger partial charge in [-0.2, -0.15) is 0 Å². The number of hydrogen-bond donors (Lipinski definition) is 3. The first-order chi connectivity index (χ1) is 14.2. The Morgan fingerprint density at radius 2 is 1.79 bits per heavy atom. The number of aryl methyl sites for hydroxylation is 1. The van der Waals surface area contributed by atoms with Crippen molar-refractivity contribution in [3.63, 3.8) is 0 Å². The molecule has 4 aromatic rings. The normalized spacial score (nSPS) is 13.0. The first-order valence-corrected chi connectivity index (χ1v) is 9.46. The predicted octanol–water partition coefficient (Wildman–Crippen LogP) is 4.37. The lowest BCUT2D eigenvalue weighted by molar-refractivity contribution is -0.116. The fraction of sp³-hybridized carbons (Fsp3) is 0.0870. The van der Waals surface area contributed by atoms with E-state index in [2.05, 4.69) is 20.6 Å². The van der Waals surface area contributed by atoms with Gasteiger partial charge in [0.15, 0.2) is 0 Å². The van der Waals surface area contributed by atoms with Crippen molar-refractivity contribution in [1.82, 2.24) is 9.97 Å². The van der Waals surface area contributed by atoms with E-state index in [0.717, 1.165) is 27.8 Å². The second-order valence-corrected chi connectivity index (χ2v) is 7.02. The molecular weight excluding hydrogens is 364 g/mol. The van der Waals surface area contributed by atoms with Crippen LogP contribution in [-0.2, 0) is 11.2 Å². The predicted molar refractivity (Wildman–Crippen MR) is 113 cm³/mol. The molecule has 0 atom stereocenters. The fourth-order valence-electron chi connectivity index (χ4n) is 3.60. The van der Waals surface area contributed by atoms with Crippen molar-refractivity contribution in [3.8, 4) is 11.4 Å². The molecule has 29 heavy (non-hydrogen) atoms. The number of amides is 2. The molecule has 3 aromatic carbocycles. The van der Waals surface area contributed by atoms with Crippen molar-refractivity contribution in [3.05, 3.63) is 77.9 Å². The van der Waals surface area contributed by atoms with Gasteiger partial charge in [-0.3, -0.25) is 9.59 Å². The second-order valence-electron chi connectivity index (χ2n) is 7.02. The summed E-state index contributed by atoms with van der Waals surface area (Å²) in [5.74, 6) is 0.512. The van der Waals surface area contributed by atoms with Crippen molar-refractivity contribution < 1.29 is 9.59 Å². The lowest BCUT2D eigenvalue weighted by atomic mass is 10.00. The van der Waals surface area contributed by atoms with Gasteiger partial charge in [-0.05, 0) is 54.4 Å². The molecular formula is C23H18N4O2. The van der Waals surface area contributed by atoms with E-state index in [9.17, 15) is 9.59 Å². The third kappa shape index (κ3) is 3.25. The van der Waals surface area contributed by atoms with Crippen molar-refractivity contribution >= 4 is 34.2 Å². The first-order valence-electron chi connectivity index (χ1n) is 9.46. The number of imidazole rings is 1. The Labute approximate surface area is 167 Å². The quantitative estimate of drug-likeness (QED) is 0.492. The minimum atomic E-state index is -0.201. The monoisotopic (exact) mass is 382 g/mol. The van der Waals surface area contributed by atoms with E-state index in [0.29, 0.717) is 29.9 Å². The lowest BCUT2D eigenvalue weighted by Gasteiger charge is -2.17. The molecule has 0 fully saturated rings. The van der Waals surface area contributed by atoms with Gasteiger partial charge in [-0.25, -0.2) is 4.98 Å². The number of hydrogen-bond acceptors (Lipinski definition) is 3. The van der Waals surface area contributed by atoms with Crippen molar-refractivity contribution in [1.29, 1.82) is 0 Å². The summed E-state index contributed by atoms with van der Waals surface area (Å²) < 4.78 is 0. The topological polar surface area (TPSA) is 86.9 Å². The number of H-pyrrole nitrogens is 1. The van der Waals surface area contributed by atoms with E-state index in [1.54, 1.807) is 12.1 Å². The number of carbonyl (C=O) groups excluding carboxylic acids is 2. The number of nitrogens with one attached hydrogen (secondary N) is 3. The second kappa shape index (κ2) is 6.91. The highest BCUT2D eigenvalue weighted by atomic mass is 16.2. The van der Waals surface area contributed by atoms with E-state index in [1.165, 1.54) is 0 Å². The minimum absolute atomic E-state index is 0.00876. The third-order valence-corrected chi connectivity index (χ3v) is 5.08. The van der Waals surface area contributed by atoms with Crippen LogP contribution in [-0.4, -0.2) is 21.8 Å². The first kappa shape index (κ1) is 17.2. The summed E-state index contributed by atoms with van der Waals surface area (Å²) >= 11 is 0. The van der Waals surface area contributed by atoms with E-state index >= 15 is 0 Å². The molecule has 6 heteroatoms. The highest BCUT2D eigenvalue weighted by Gasteiger charge is 2.18. The maximum Gasteiger partial charge on any atom is 0.255 e. The molecule has 1 aliphatic heterocycles. The molecule has 3 N–H and O–H groups in total. The number of anilines is 2. The van der Waals surface area contributed by atoms with Crippen molar-refractivity contribution in [2.45, 2.75) is 12.8 Å². The summed E-state index contributed by atoms with van der Waals surface area (Å²) in [6, 6.07) is 20.7. The summed E-state index contributed by atoms with van der Waals surface area (Å²) in [7, 11) is 0. The number of rotatable bonds is 3. The van der Waals surface area contributed by atoms with Gasteiger partial charge >= 0.3 is 0 Å². The van der Waals surface area contributed by atoms with Crippen molar-refractivity contribution in [2.75, 3.05) is 10.6 Å². The summed E-state index contributed by atoms with van der Waals surface area (Å²) in [5, 5.41) is 5.83. The number of para-hydroxylation sites is 3. The van der Waals surface area contributed by atoms with Crippen LogP contribution < -0.4 is 10.6 Å². The molecule has 0 saturated carbocycles. The molecule has 1 aromatic heterocycles. The SMILES string of the molecule is O=C1CCc2cc(C(=O)Nc3ccccc3-c3nc4ccccc4[nH]3)ccc2N1. The average Bonchev–Trinajstić information content (AvgIpc) is 3.17.